The van der Waals surface area contributed by atoms with Crippen LogP contribution in [0.1, 0.15) is 27.0 Å². The van der Waals surface area contributed by atoms with Gasteiger partial charge in [0.25, 0.3) is 0 Å². The number of carbonyl (C=O) groups excluding carboxylic acids is 1. The summed E-state index contributed by atoms with van der Waals surface area (Å²) >= 11 is 1.30. The van der Waals surface area contributed by atoms with Gasteiger partial charge in [0.2, 0.25) is 0 Å². The number of alkyl halides is 3. The monoisotopic (exact) mass is 284 g/mol. The topological polar surface area (TPSA) is 17.1 Å². The Hall–Kier alpha value is -1.62. The van der Waals surface area contributed by atoms with Crippen molar-refractivity contribution in [2.24, 2.45) is 0 Å². The minimum atomic E-state index is -4.36. The average molecular weight is 284 g/mol. The first-order valence-electron chi connectivity index (χ1n) is 5.58. The average Bonchev–Trinajstić information content (AvgIpc) is 2.71. The molecule has 100 valence electrons. The summed E-state index contributed by atoms with van der Waals surface area (Å²) in [5, 5.41) is 0. The molecule has 2 rings (SSSR count). The van der Waals surface area contributed by atoms with Gasteiger partial charge in [-0.15, -0.1) is 11.3 Å². The lowest BCUT2D eigenvalue weighted by Crippen LogP contribution is -2.04. The first-order chi connectivity index (χ1) is 8.79. The van der Waals surface area contributed by atoms with E-state index >= 15 is 0 Å². The molecule has 5 heteroatoms. The normalized spacial score (nSPS) is 11.6. The molecule has 0 atom stereocenters. The summed E-state index contributed by atoms with van der Waals surface area (Å²) in [7, 11) is 0. The third-order valence-electron chi connectivity index (χ3n) is 2.77. The van der Waals surface area contributed by atoms with Crippen molar-refractivity contribution >= 4 is 17.1 Å². The molecule has 1 nitrogen and oxygen atoms in total. The van der Waals surface area contributed by atoms with Gasteiger partial charge >= 0.3 is 6.18 Å². The Kier molecular flexibility index (Phi) is 3.49. The van der Waals surface area contributed by atoms with Crippen LogP contribution in [-0.2, 0) is 6.18 Å². The number of rotatable bonds is 2. The molecule has 2 aromatic rings. The quantitative estimate of drug-likeness (QED) is 0.713. The molecule has 0 spiro atoms. The standard InChI is InChI=1S/C14H11F3OS/c1-8(18)13-7-12(9(2)19-13)10-4-3-5-11(6-10)14(15,16)17/h3-7H,1-2H3. The number of thiophene rings is 1. The van der Waals surface area contributed by atoms with Crippen LogP contribution in [0.5, 0.6) is 0 Å². The maximum absolute atomic E-state index is 12.7. The third-order valence-corrected chi connectivity index (χ3v) is 3.92. The van der Waals surface area contributed by atoms with Gasteiger partial charge in [-0.3, -0.25) is 4.79 Å². The van der Waals surface area contributed by atoms with Crippen molar-refractivity contribution in [1.82, 2.24) is 0 Å². The Labute approximate surface area is 112 Å². The molecule has 0 unspecified atom stereocenters. The van der Waals surface area contributed by atoms with Gasteiger partial charge < -0.3 is 0 Å². The van der Waals surface area contributed by atoms with E-state index in [1.807, 2.05) is 0 Å². The van der Waals surface area contributed by atoms with E-state index in [2.05, 4.69) is 0 Å². The lowest BCUT2D eigenvalue weighted by molar-refractivity contribution is -0.137. The van der Waals surface area contributed by atoms with Crippen molar-refractivity contribution in [3.05, 3.63) is 45.6 Å². The number of benzene rings is 1. The molecule has 0 saturated carbocycles. The smallest absolute Gasteiger partial charge is 0.294 e. The number of carbonyl (C=O) groups is 1. The Morgan fingerprint density at radius 1 is 1.21 bits per heavy atom. The van der Waals surface area contributed by atoms with E-state index in [4.69, 9.17) is 0 Å². The largest absolute Gasteiger partial charge is 0.416 e. The van der Waals surface area contributed by atoms with Gasteiger partial charge in [-0.2, -0.15) is 13.2 Å². The SMILES string of the molecule is CC(=O)c1cc(-c2cccc(C(F)(F)F)c2)c(C)s1. The lowest BCUT2D eigenvalue weighted by Gasteiger charge is -2.08. The molecule has 0 radical (unpaired) electrons. The molecular formula is C14H11F3OS. The number of aryl methyl sites for hydroxylation is 1. The predicted octanol–water partition coefficient (Wildman–Crippen LogP) is 4.94. The minimum absolute atomic E-state index is 0.0775. The Morgan fingerprint density at radius 2 is 1.89 bits per heavy atom. The van der Waals surface area contributed by atoms with Crippen LogP contribution >= 0.6 is 11.3 Å². The van der Waals surface area contributed by atoms with Gasteiger partial charge in [-0.1, -0.05) is 12.1 Å². The molecule has 0 saturated heterocycles. The molecule has 0 bridgehead atoms. The number of hydrogen-bond donors (Lipinski definition) is 0. The van der Waals surface area contributed by atoms with E-state index in [0.29, 0.717) is 16.0 Å². The van der Waals surface area contributed by atoms with Crippen LogP contribution in [0, 0.1) is 6.92 Å². The van der Waals surface area contributed by atoms with E-state index in [9.17, 15) is 18.0 Å². The minimum Gasteiger partial charge on any atom is -0.294 e. The van der Waals surface area contributed by atoms with Crippen molar-refractivity contribution in [2.75, 3.05) is 0 Å². The molecule has 0 aliphatic heterocycles. The molecule has 19 heavy (non-hydrogen) atoms. The highest BCUT2D eigenvalue weighted by molar-refractivity contribution is 7.14. The van der Waals surface area contributed by atoms with Gasteiger partial charge in [-0.25, -0.2) is 0 Å². The summed E-state index contributed by atoms with van der Waals surface area (Å²) in [5.41, 5.74) is 0.484. The van der Waals surface area contributed by atoms with Crippen LogP contribution in [0.25, 0.3) is 11.1 Å². The molecule has 0 aliphatic carbocycles. The Morgan fingerprint density at radius 3 is 2.42 bits per heavy atom. The van der Waals surface area contributed by atoms with E-state index in [1.165, 1.54) is 24.3 Å². The van der Waals surface area contributed by atoms with Crippen LogP contribution in [0.15, 0.2) is 30.3 Å². The third kappa shape index (κ3) is 2.87. The van der Waals surface area contributed by atoms with Crippen LogP contribution in [0.4, 0.5) is 13.2 Å². The van der Waals surface area contributed by atoms with Crippen LogP contribution in [0.2, 0.25) is 0 Å². The second-order valence-electron chi connectivity index (χ2n) is 4.22. The molecule has 0 aliphatic rings. The highest BCUT2D eigenvalue weighted by Crippen LogP contribution is 2.35. The fourth-order valence-corrected chi connectivity index (χ4v) is 2.74. The Balaban J connectivity index is 2.50. The predicted molar refractivity (Wildman–Crippen MR) is 69.5 cm³/mol. The summed E-state index contributed by atoms with van der Waals surface area (Å²) in [6.45, 7) is 3.24. The summed E-state index contributed by atoms with van der Waals surface area (Å²) in [4.78, 5) is 12.7. The molecule has 0 amide bonds. The molecule has 1 heterocycles. The van der Waals surface area contributed by atoms with Crippen LogP contribution in [0.3, 0.4) is 0 Å². The highest BCUT2D eigenvalue weighted by Gasteiger charge is 2.30. The fourth-order valence-electron chi connectivity index (χ4n) is 1.81. The number of halogens is 3. The number of Topliss-reactive ketones (excluding diaryl/α,β-unsaturated/α-hetero) is 1. The Bertz CT molecular complexity index is 626. The molecular weight excluding hydrogens is 273 g/mol. The van der Waals surface area contributed by atoms with Crippen molar-refractivity contribution in [2.45, 2.75) is 20.0 Å². The van der Waals surface area contributed by atoms with E-state index in [0.717, 1.165) is 17.0 Å². The van der Waals surface area contributed by atoms with Crippen molar-refractivity contribution in [3.63, 3.8) is 0 Å². The van der Waals surface area contributed by atoms with Crippen molar-refractivity contribution in [1.29, 1.82) is 0 Å². The van der Waals surface area contributed by atoms with Gasteiger partial charge in [0.05, 0.1) is 10.4 Å². The molecule has 0 fully saturated rings. The second-order valence-corrected chi connectivity index (χ2v) is 5.47. The van der Waals surface area contributed by atoms with E-state index in [1.54, 1.807) is 19.1 Å². The van der Waals surface area contributed by atoms with Crippen LogP contribution < -0.4 is 0 Å². The van der Waals surface area contributed by atoms with Gasteiger partial charge in [0.1, 0.15) is 0 Å². The maximum atomic E-state index is 12.7. The zero-order valence-electron chi connectivity index (χ0n) is 10.3. The first-order valence-corrected chi connectivity index (χ1v) is 6.39. The lowest BCUT2D eigenvalue weighted by atomic mass is 10.0. The zero-order valence-corrected chi connectivity index (χ0v) is 11.2. The summed E-state index contributed by atoms with van der Waals surface area (Å²) in [6.07, 6.45) is -4.36. The number of ketones is 1. The van der Waals surface area contributed by atoms with Crippen molar-refractivity contribution < 1.29 is 18.0 Å². The van der Waals surface area contributed by atoms with Crippen molar-refractivity contribution in [3.8, 4) is 11.1 Å². The van der Waals surface area contributed by atoms with E-state index < -0.39 is 11.7 Å². The highest BCUT2D eigenvalue weighted by atomic mass is 32.1. The van der Waals surface area contributed by atoms with E-state index in [-0.39, 0.29) is 5.78 Å². The molecule has 0 N–H and O–H groups in total. The summed E-state index contributed by atoms with van der Waals surface area (Å²) in [5.74, 6) is -0.0775. The van der Waals surface area contributed by atoms with Gasteiger partial charge in [-0.05, 0) is 43.2 Å². The molecule has 1 aromatic heterocycles. The summed E-state index contributed by atoms with van der Waals surface area (Å²) < 4.78 is 38.0. The fraction of sp³-hybridized carbons (Fsp3) is 0.214. The number of hydrogen-bond acceptors (Lipinski definition) is 2. The zero-order chi connectivity index (χ0) is 14.2. The van der Waals surface area contributed by atoms with Crippen LogP contribution in [-0.4, -0.2) is 5.78 Å². The second kappa shape index (κ2) is 4.81. The van der Waals surface area contributed by atoms with Gasteiger partial charge in [0.15, 0.2) is 5.78 Å². The molecule has 1 aromatic carbocycles. The summed E-state index contributed by atoms with van der Waals surface area (Å²) in [6, 6.07) is 6.80. The first kappa shape index (κ1) is 13.8. The van der Waals surface area contributed by atoms with Gasteiger partial charge in [0, 0.05) is 4.88 Å². The maximum Gasteiger partial charge on any atom is 0.416 e.